The van der Waals surface area contributed by atoms with E-state index in [2.05, 4.69) is 57.1 Å². The average molecular weight is 299 g/mol. The molecule has 0 radical (unpaired) electrons. The van der Waals surface area contributed by atoms with Crippen LogP contribution in [0, 0.1) is 6.92 Å². The molecule has 3 aromatic rings. The Bertz CT molecular complexity index is 723. The van der Waals surface area contributed by atoms with Crippen LogP contribution in [0.2, 0.25) is 0 Å². The van der Waals surface area contributed by atoms with Gasteiger partial charge < -0.3 is 0 Å². The molecule has 0 fully saturated rings. The van der Waals surface area contributed by atoms with Gasteiger partial charge in [0.25, 0.3) is 0 Å². The van der Waals surface area contributed by atoms with E-state index in [4.69, 9.17) is 0 Å². The van der Waals surface area contributed by atoms with Crippen molar-refractivity contribution in [3.63, 3.8) is 0 Å². The van der Waals surface area contributed by atoms with Crippen LogP contribution in [0.1, 0.15) is 5.56 Å². The van der Waals surface area contributed by atoms with Crippen LogP contribution in [0.3, 0.4) is 0 Å². The van der Waals surface area contributed by atoms with Crippen molar-refractivity contribution in [1.29, 1.82) is 0 Å². The fraction of sp³-hybridized carbons (Fsp3) is 0.0667. The maximum Gasteiger partial charge on any atom is 0.0844 e. The monoisotopic (exact) mass is 298 g/mol. The highest BCUT2D eigenvalue weighted by atomic mass is 79.9. The fourth-order valence-corrected chi connectivity index (χ4v) is 2.57. The Morgan fingerprint density at radius 3 is 2.72 bits per heavy atom. The summed E-state index contributed by atoms with van der Waals surface area (Å²) in [6, 6.07) is 12.3. The van der Waals surface area contributed by atoms with E-state index >= 15 is 0 Å². The highest BCUT2D eigenvalue weighted by Gasteiger charge is 2.05. The molecule has 0 bridgehead atoms. The number of hydrogen-bond acceptors (Lipinski definition) is 2. The zero-order chi connectivity index (χ0) is 12.5. The third-order valence-electron chi connectivity index (χ3n) is 2.87. The molecule has 0 atom stereocenters. The van der Waals surface area contributed by atoms with Gasteiger partial charge in [-0.25, -0.2) is 0 Å². The van der Waals surface area contributed by atoms with Crippen molar-refractivity contribution in [3.05, 3.63) is 58.8 Å². The number of hydrogen-bond donors (Lipinski definition) is 0. The third kappa shape index (κ3) is 2.02. The van der Waals surface area contributed by atoms with E-state index in [0.717, 1.165) is 26.6 Å². The molecule has 0 aliphatic carbocycles. The smallest absolute Gasteiger partial charge is 0.0844 e. The molecule has 2 heterocycles. The molecule has 0 saturated carbocycles. The number of aromatic nitrogens is 2. The Hall–Kier alpha value is -1.74. The second-order valence-corrected chi connectivity index (χ2v) is 5.11. The SMILES string of the molecule is Cc1ccnc(-c2cc(Br)c3ncccc3c2)c1. The molecule has 0 amide bonds. The lowest BCUT2D eigenvalue weighted by molar-refractivity contribution is 1.28. The van der Waals surface area contributed by atoms with Crippen molar-refractivity contribution >= 4 is 26.8 Å². The van der Waals surface area contributed by atoms with Gasteiger partial charge in [0, 0.05) is 27.8 Å². The van der Waals surface area contributed by atoms with Crippen molar-refractivity contribution in [1.82, 2.24) is 9.97 Å². The summed E-state index contributed by atoms with van der Waals surface area (Å²) in [5.74, 6) is 0. The van der Waals surface area contributed by atoms with E-state index in [-0.39, 0.29) is 0 Å². The van der Waals surface area contributed by atoms with Crippen LogP contribution in [0.4, 0.5) is 0 Å². The molecule has 0 spiro atoms. The van der Waals surface area contributed by atoms with E-state index in [9.17, 15) is 0 Å². The molecular weight excluding hydrogens is 288 g/mol. The molecule has 0 unspecified atom stereocenters. The molecule has 2 nitrogen and oxygen atoms in total. The van der Waals surface area contributed by atoms with Gasteiger partial charge in [-0.1, -0.05) is 6.07 Å². The number of rotatable bonds is 1. The summed E-state index contributed by atoms with van der Waals surface area (Å²) in [6.45, 7) is 2.07. The highest BCUT2D eigenvalue weighted by molar-refractivity contribution is 9.10. The summed E-state index contributed by atoms with van der Waals surface area (Å²) in [4.78, 5) is 8.78. The van der Waals surface area contributed by atoms with Crippen LogP contribution >= 0.6 is 15.9 Å². The number of benzene rings is 1. The van der Waals surface area contributed by atoms with Crippen molar-refractivity contribution in [2.75, 3.05) is 0 Å². The minimum absolute atomic E-state index is 0.980. The lowest BCUT2D eigenvalue weighted by Gasteiger charge is -2.06. The molecule has 0 N–H and O–H groups in total. The predicted octanol–water partition coefficient (Wildman–Crippen LogP) is 4.37. The predicted molar refractivity (Wildman–Crippen MR) is 77.4 cm³/mol. The first-order valence-corrected chi connectivity index (χ1v) is 6.50. The molecule has 0 aliphatic heterocycles. The maximum atomic E-state index is 4.42. The number of nitrogens with zero attached hydrogens (tertiary/aromatic N) is 2. The Morgan fingerprint density at radius 2 is 1.89 bits per heavy atom. The van der Waals surface area contributed by atoms with Crippen molar-refractivity contribution < 1.29 is 0 Å². The molecule has 0 aliphatic rings. The molecule has 88 valence electrons. The van der Waals surface area contributed by atoms with Gasteiger partial charge in [-0.3, -0.25) is 9.97 Å². The molecule has 2 aromatic heterocycles. The van der Waals surface area contributed by atoms with Crippen molar-refractivity contribution in [3.8, 4) is 11.3 Å². The standard InChI is InChI=1S/C15H11BrN2/c1-10-4-6-17-14(7-10)12-8-11-3-2-5-18-15(11)13(16)9-12/h2-9H,1H3. The fourth-order valence-electron chi connectivity index (χ4n) is 1.99. The summed E-state index contributed by atoms with van der Waals surface area (Å²) in [7, 11) is 0. The molecule has 3 heteroatoms. The average Bonchev–Trinajstić information content (AvgIpc) is 2.39. The Labute approximate surface area is 114 Å². The van der Waals surface area contributed by atoms with E-state index in [1.807, 2.05) is 18.3 Å². The van der Waals surface area contributed by atoms with Crippen LogP contribution in [0.15, 0.2) is 53.3 Å². The van der Waals surface area contributed by atoms with Gasteiger partial charge in [-0.2, -0.15) is 0 Å². The van der Waals surface area contributed by atoms with Gasteiger partial charge in [0.05, 0.1) is 11.2 Å². The number of pyridine rings is 2. The Morgan fingerprint density at radius 1 is 1.00 bits per heavy atom. The molecule has 0 saturated heterocycles. The van der Waals surface area contributed by atoms with Crippen LogP contribution in [-0.4, -0.2) is 9.97 Å². The number of halogens is 1. The molecule has 18 heavy (non-hydrogen) atoms. The highest BCUT2D eigenvalue weighted by Crippen LogP contribution is 2.29. The van der Waals surface area contributed by atoms with E-state index < -0.39 is 0 Å². The third-order valence-corrected chi connectivity index (χ3v) is 3.47. The normalized spacial score (nSPS) is 10.8. The second-order valence-electron chi connectivity index (χ2n) is 4.25. The summed E-state index contributed by atoms with van der Waals surface area (Å²) in [5, 5.41) is 1.12. The number of fused-ring (bicyclic) bond motifs is 1. The summed E-state index contributed by atoms with van der Waals surface area (Å²) in [5.41, 5.74) is 4.28. The first-order chi connectivity index (χ1) is 8.74. The van der Waals surface area contributed by atoms with E-state index in [0.29, 0.717) is 0 Å². The van der Waals surface area contributed by atoms with Crippen LogP contribution in [-0.2, 0) is 0 Å². The van der Waals surface area contributed by atoms with Gasteiger partial charge in [0.2, 0.25) is 0 Å². The van der Waals surface area contributed by atoms with Gasteiger partial charge in [-0.05, 0) is 58.7 Å². The Balaban J connectivity index is 2.24. The summed E-state index contributed by atoms with van der Waals surface area (Å²) in [6.07, 6.45) is 3.64. The van der Waals surface area contributed by atoms with E-state index in [1.165, 1.54) is 5.56 Å². The van der Waals surface area contributed by atoms with Crippen molar-refractivity contribution in [2.24, 2.45) is 0 Å². The first-order valence-electron chi connectivity index (χ1n) is 5.71. The molecule has 3 rings (SSSR count). The lowest BCUT2D eigenvalue weighted by atomic mass is 10.1. The van der Waals surface area contributed by atoms with Gasteiger partial charge >= 0.3 is 0 Å². The second kappa shape index (κ2) is 4.50. The zero-order valence-electron chi connectivity index (χ0n) is 9.89. The summed E-state index contributed by atoms with van der Waals surface area (Å²) >= 11 is 3.57. The van der Waals surface area contributed by atoms with Crippen molar-refractivity contribution in [2.45, 2.75) is 6.92 Å². The van der Waals surface area contributed by atoms with Crippen LogP contribution in [0.5, 0.6) is 0 Å². The largest absolute Gasteiger partial charge is 0.256 e. The lowest BCUT2D eigenvalue weighted by Crippen LogP contribution is -1.87. The molecular formula is C15H11BrN2. The maximum absolute atomic E-state index is 4.42. The van der Waals surface area contributed by atoms with Crippen LogP contribution in [0.25, 0.3) is 22.2 Å². The number of aryl methyl sites for hydroxylation is 1. The van der Waals surface area contributed by atoms with Crippen LogP contribution < -0.4 is 0 Å². The minimum Gasteiger partial charge on any atom is -0.256 e. The first kappa shape index (κ1) is 11.4. The van der Waals surface area contributed by atoms with Gasteiger partial charge in [-0.15, -0.1) is 0 Å². The minimum atomic E-state index is 0.980. The molecule has 1 aromatic carbocycles. The zero-order valence-corrected chi connectivity index (χ0v) is 11.5. The summed E-state index contributed by atoms with van der Waals surface area (Å²) < 4.78 is 0.999. The van der Waals surface area contributed by atoms with Gasteiger partial charge in [0.1, 0.15) is 0 Å². The topological polar surface area (TPSA) is 25.8 Å². The quantitative estimate of drug-likeness (QED) is 0.667. The Kier molecular flexibility index (Phi) is 2.84. The van der Waals surface area contributed by atoms with Gasteiger partial charge in [0.15, 0.2) is 0 Å². The van der Waals surface area contributed by atoms with E-state index in [1.54, 1.807) is 6.20 Å².